The molecule has 29 heavy (non-hydrogen) atoms. The van der Waals surface area contributed by atoms with Crippen molar-refractivity contribution in [1.29, 1.82) is 0 Å². The average molecular weight is 400 g/mol. The van der Waals surface area contributed by atoms with Crippen molar-refractivity contribution >= 4 is 5.91 Å². The summed E-state index contributed by atoms with van der Waals surface area (Å²) in [6.45, 7) is 10.4. The average Bonchev–Trinajstić information content (AvgIpc) is 3.20. The first-order chi connectivity index (χ1) is 14.0. The van der Waals surface area contributed by atoms with Crippen LogP contribution >= 0.6 is 0 Å². The first kappa shape index (κ1) is 21.3. The predicted molar refractivity (Wildman–Crippen MR) is 113 cm³/mol. The molecular weight excluding hydrogens is 366 g/mol. The number of H-pyrrole nitrogens is 1. The smallest absolute Gasteiger partial charge is 0.224 e. The van der Waals surface area contributed by atoms with Crippen molar-refractivity contribution in [2.75, 3.05) is 32.8 Å². The van der Waals surface area contributed by atoms with E-state index in [1.54, 1.807) is 18.7 Å². The lowest BCUT2D eigenvalue weighted by Crippen LogP contribution is -2.48. The summed E-state index contributed by atoms with van der Waals surface area (Å²) in [5.41, 5.74) is 2.01. The van der Waals surface area contributed by atoms with E-state index in [0.717, 1.165) is 49.6 Å². The first-order valence-corrected chi connectivity index (χ1v) is 10.5. The molecule has 1 saturated heterocycles. The molecule has 3 rings (SSSR count). The number of nitrogens with one attached hydrogen (secondary N) is 2. The van der Waals surface area contributed by atoms with E-state index in [1.807, 2.05) is 19.1 Å². The Morgan fingerprint density at radius 1 is 1.34 bits per heavy atom. The molecule has 2 aromatic heterocycles. The minimum Gasteiger partial charge on any atom is -0.492 e. The van der Waals surface area contributed by atoms with Gasteiger partial charge in [-0.05, 0) is 31.4 Å². The van der Waals surface area contributed by atoms with Gasteiger partial charge >= 0.3 is 0 Å². The fourth-order valence-electron chi connectivity index (χ4n) is 3.92. The number of rotatable bonds is 9. The zero-order chi connectivity index (χ0) is 20.6. The van der Waals surface area contributed by atoms with E-state index in [2.05, 4.69) is 39.0 Å². The van der Waals surface area contributed by atoms with E-state index >= 15 is 0 Å². The Morgan fingerprint density at radius 3 is 2.90 bits per heavy atom. The molecule has 0 bridgehead atoms. The Labute approximate surface area is 173 Å². The number of aromatic amines is 1. The predicted octanol–water partition coefficient (Wildman–Crippen LogP) is 2.44. The SMILES string of the molecule is Cc1ccc(OC[C@H]2C[C@@H](C(=O)NCCc3cnc[nH]3)CN(CC(C)C)C2)cn1. The van der Waals surface area contributed by atoms with Gasteiger partial charge in [-0.15, -0.1) is 0 Å². The van der Waals surface area contributed by atoms with Crippen LogP contribution in [-0.2, 0) is 11.2 Å². The number of likely N-dealkylation sites (tertiary alicyclic amines) is 1. The number of aryl methyl sites for hydroxylation is 1. The highest BCUT2D eigenvalue weighted by molar-refractivity contribution is 5.79. The second kappa shape index (κ2) is 10.4. The summed E-state index contributed by atoms with van der Waals surface area (Å²) >= 11 is 0. The van der Waals surface area contributed by atoms with E-state index in [0.29, 0.717) is 25.0 Å². The molecule has 0 radical (unpaired) electrons. The lowest BCUT2D eigenvalue weighted by atomic mass is 9.88. The number of pyridine rings is 1. The van der Waals surface area contributed by atoms with Gasteiger partial charge in [-0.25, -0.2) is 4.98 Å². The molecule has 0 spiro atoms. The maximum atomic E-state index is 12.8. The molecular formula is C22H33N5O2. The van der Waals surface area contributed by atoms with E-state index < -0.39 is 0 Å². The third-order valence-electron chi connectivity index (χ3n) is 5.23. The quantitative estimate of drug-likeness (QED) is 0.677. The summed E-state index contributed by atoms with van der Waals surface area (Å²) in [6.07, 6.45) is 6.84. The summed E-state index contributed by atoms with van der Waals surface area (Å²) in [5.74, 6) is 1.82. The maximum Gasteiger partial charge on any atom is 0.224 e. The number of piperidine rings is 1. The van der Waals surface area contributed by atoms with E-state index in [1.165, 1.54) is 0 Å². The van der Waals surface area contributed by atoms with Gasteiger partial charge in [0, 0.05) is 56.1 Å². The summed E-state index contributed by atoms with van der Waals surface area (Å²) in [4.78, 5) is 26.6. The molecule has 1 amide bonds. The number of amides is 1. The van der Waals surface area contributed by atoms with Crippen LogP contribution in [0.4, 0.5) is 0 Å². The number of imidazole rings is 1. The minimum atomic E-state index is -0.00555. The molecule has 0 aromatic carbocycles. The third kappa shape index (κ3) is 6.85. The molecule has 2 N–H and O–H groups in total. The Bertz CT molecular complexity index is 745. The Hall–Kier alpha value is -2.41. The van der Waals surface area contributed by atoms with E-state index in [9.17, 15) is 4.79 Å². The lowest BCUT2D eigenvalue weighted by molar-refractivity contribution is -0.127. The Morgan fingerprint density at radius 2 is 2.21 bits per heavy atom. The molecule has 1 fully saturated rings. The van der Waals surface area contributed by atoms with Crippen molar-refractivity contribution in [3.8, 4) is 5.75 Å². The van der Waals surface area contributed by atoms with Gasteiger partial charge in [0.1, 0.15) is 5.75 Å². The molecule has 7 heteroatoms. The zero-order valence-electron chi connectivity index (χ0n) is 17.7. The van der Waals surface area contributed by atoms with Gasteiger partial charge in [0.25, 0.3) is 0 Å². The van der Waals surface area contributed by atoms with Crippen LogP contribution in [0.1, 0.15) is 31.7 Å². The monoisotopic (exact) mass is 399 g/mol. The zero-order valence-corrected chi connectivity index (χ0v) is 17.7. The van der Waals surface area contributed by atoms with Gasteiger partial charge in [-0.1, -0.05) is 13.8 Å². The first-order valence-electron chi connectivity index (χ1n) is 10.5. The minimum absolute atomic E-state index is 0.00555. The summed E-state index contributed by atoms with van der Waals surface area (Å²) in [6, 6.07) is 3.91. The molecule has 7 nitrogen and oxygen atoms in total. The van der Waals surface area contributed by atoms with Gasteiger partial charge in [0.2, 0.25) is 5.91 Å². The topological polar surface area (TPSA) is 83.1 Å². The van der Waals surface area contributed by atoms with Crippen molar-refractivity contribution in [1.82, 2.24) is 25.2 Å². The van der Waals surface area contributed by atoms with Gasteiger partial charge in [0.05, 0.1) is 25.0 Å². The van der Waals surface area contributed by atoms with Crippen LogP contribution in [0, 0.1) is 24.7 Å². The second-order valence-electron chi connectivity index (χ2n) is 8.48. The number of aromatic nitrogens is 3. The van der Waals surface area contributed by atoms with Gasteiger partial charge < -0.3 is 19.9 Å². The number of nitrogens with zero attached hydrogens (tertiary/aromatic N) is 3. The van der Waals surface area contributed by atoms with Gasteiger partial charge in [0.15, 0.2) is 0 Å². The largest absolute Gasteiger partial charge is 0.492 e. The van der Waals surface area contributed by atoms with Crippen molar-refractivity contribution in [2.45, 2.75) is 33.6 Å². The summed E-state index contributed by atoms with van der Waals surface area (Å²) in [7, 11) is 0. The number of carbonyl (C=O) groups excluding carboxylic acids is 1. The second-order valence-corrected chi connectivity index (χ2v) is 8.48. The van der Waals surface area contributed by atoms with E-state index in [4.69, 9.17) is 4.74 Å². The molecule has 1 aliphatic rings. The third-order valence-corrected chi connectivity index (χ3v) is 5.23. The lowest BCUT2D eigenvalue weighted by Gasteiger charge is -2.37. The molecule has 2 aromatic rings. The molecule has 0 aliphatic carbocycles. The van der Waals surface area contributed by atoms with Crippen molar-refractivity contribution in [3.05, 3.63) is 42.2 Å². The van der Waals surface area contributed by atoms with E-state index in [-0.39, 0.29) is 11.8 Å². The highest BCUT2D eigenvalue weighted by Crippen LogP contribution is 2.24. The van der Waals surface area contributed by atoms with Crippen LogP contribution in [0.2, 0.25) is 0 Å². The van der Waals surface area contributed by atoms with Crippen molar-refractivity contribution in [3.63, 3.8) is 0 Å². The molecule has 158 valence electrons. The molecule has 0 saturated carbocycles. The highest BCUT2D eigenvalue weighted by Gasteiger charge is 2.32. The number of hydrogen-bond acceptors (Lipinski definition) is 5. The molecule has 2 atom stereocenters. The maximum absolute atomic E-state index is 12.8. The molecule has 0 unspecified atom stereocenters. The fraction of sp³-hybridized carbons (Fsp3) is 0.591. The summed E-state index contributed by atoms with van der Waals surface area (Å²) in [5, 5.41) is 3.10. The van der Waals surface area contributed by atoms with Crippen molar-refractivity contribution < 1.29 is 9.53 Å². The number of carbonyl (C=O) groups is 1. The van der Waals surface area contributed by atoms with Crippen LogP contribution in [0.3, 0.4) is 0 Å². The number of ether oxygens (including phenoxy) is 1. The number of hydrogen-bond donors (Lipinski definition) is 2. The normalized spacial score (nSPS) is 20.0. The van der Waals surface area contributed by atoms with Crippen LogP contribution in [0.5, 0.6) is 5.75 Å². The van der Waals surface area contributed by atoms with Gasteiger partial charge in [-0.2, -0.15) is 0 Å². The van der Waals surface area contributed by atoms with Crippen LogP contribution in [0.25, 0.3) is 0 Å². The van der Waals surface area contributed by atoms with Crippen LogP contribution < -0.4 is 10.1 Å². The van der Waals surface area contributed by atoms with Crippen molar-refractivity contribution in [2.24, 2.45) is 17.8 Å². The van der Waals surface area contributed by atoms with Gasteiger partial charge in [-0.3, -0.25) is 9.78 Å². The Balaban J connectivity index is 1.53. The highest BCUT2D eigenvalue weighted by atomic mass is 16.5. The van der Waals surface area contributed by atoms with Crippen LogP contribution in [0.15, 0.2) is 30.9 Å². The summed E-state index contributed by atoms with van der Waals surface area (Å²) < 4.78 is 5.98. The molecule has 1 aliphatic heterocycles. The molecule has 3 heterocycles. The fourth-order valence-corrected chi connectivity index (χ4v) is 3.92. The standard InChI is InChI=1S/C22H33N5O2/c1-16(2)11-27-12-18(14-29-21-5-4-17(3)25-10-21)8-19(13-27)22(28)24-7-6-20-9-23-15-26-20/h4-5,9-10,15-16,18-19H,6-8,11-14H2,1-3H3,(H,23,26)(H,24,28)/t18-,19+/m0/s1. The van der Waals surface area contributed by atoms with Crippen LogP contribution in [-0.4, -0.2) is 58.5 Å². The Kier molecular flexibility index (Phi) is 7.63.